The van der Waals surface area contributed by atoms with E-state index in [1.165, 1.54) is 10.5 Å². The molecule has 0 fully saturated rings. The lowest BCUT2D eigenvalue weighted by Crippen LogP contribution is -2.21. The number of hydrogen-bond donors (Lipinski definition) is 0. The summed E-state index contributed by atoms with van der Waals surface area (Å²) in [5.41, 5.74) is 1.26. The zero-order valence-corrected chi connectivity index (χ0v) is 8.50. The van der Waals surface area contributed by atoms with Crippen LogP contribution < -0.4 is 0 Å². The zero-order chi connectivity index (χ0) is 9.38. The molecule has 0 spiro atoms. The third kappa shape index (κ3) is 1.16. The average Bonchev–Trinajstić information content (AvgIpc) is 2.61. The molecule has 0 saturated carbocycles. The first-order valence-corrected chi connectivity index (χ1v) is 5.57. The van der Waals surface area contributed by atoms with Gasteiger partial charge in [0.25, 0.3) is 0 Å². The van der Waals surface area contributed by atoms with Gasteiger partial charge in [-0.05, 0) is 11.5 Å². The SMILES string of the molecule is C1=CN2CCN=C2c2ccccc2S1. The maximum absolute atomic E-state index is 4.54. The van der Waals surface area contributed by atoms with Crippen molar-refractivity contribution in [2.45, 2.75) is 4.90 Å². The minimum absolute atomic E-state index is 0.915. The van der Waals surface area contributed by atoms with Gasteiger partial charge in [-0.3, -0.25) is 4.99 Å². The van der Waals surface area contributed by atoms with Gasteiger partial charge in [0.15, 0.2) is 0 Å². The van der Waals surface area contributed by atoms with Gasteiger partial charge >= 0.3 is 0 Å². The molecule has 3 heteroatoms. The summed E-state index contributed by atoms with van der Waals surface area (Å²) in [6.45, 7) is 1.93. The van der Waals surface area contributed by atoms with E-state index in [4.69, 9.17) is 0 Å². The summed E-state index contributed by atoms with van der Waals surface area (Å²) in [7, 11) is 0. The van der Waals surface area contributed by atoms with Crippen LogP contribution >= 0.6 is 11.8 Å². The van der Waals surface area contributed by atoms with E-state index in [0.717, 1.165) is 18.9 Å². The van der Waals surface area contributed by atoms with Crippen LogP contribution in [-0.4, -0.2) is 23.8 Å². The Balaban J connectivity index is 2.18. The molecule has 2 aliphatic rings. The molecule has 3 rings (SSSR count). The van der Waals surface area contributed by atoms with Crippen LogP contribution in [0.25, 0.3) is 0 Å². The van der Waals surface area contributed by atoms with Crippen molar-refractivity contribution in [3.8, 4) is 0 Å². The lowest BCUT2D eigenvalue weighted by molar-refractivity contribution is 0.613. The Morgan fingerprint density at radius 1 is 1.29 bits per heavy atom. The molecule has 0 saturated heterocycles. The van der Waals surface area contributed by atoms with Gasteiger partial charge in [-0.25, -0.2) is 0 Å². The van der Waals surface area contributed by atoms with Crippen LogP contribution in [0, 0.1) is 0 Å². The zero-order valence-electron chi connectivity index (χ0n) is 7.68. The summed E-state index contributed by atoms with van der Waals surface area (Å²) in [6, 6.07) is 8.44. The van der Waals surface area contributed by atoms with Crippen molar-refractivity contribution in [3.63, 3.8) is 0 Å². The molecule has 1 aromatic carbocycles. The molecule has 0 aromatic heterocycles. The highest BCUT2D eigenvalue weighted by molar-refractivity contribution is 8.02. The van der Waals surface area contributed by atoms with Crippen molar-refractivity contribution in [2.24, 2.45) is 4.99 Å². The second-order valence-electron chi connectivity index (χ2n) is 3.30. The predicted octanol–water partition coefficient (Wildman–Crippen LogP) is 2.33. The fourth-order valence-electron chi connectivity index (χ4n) is 1.78. The summed E-state index contributed by atoms with van der Waals surface area (Å²) >= 11 is 1.76. The molecule has 0 atom stereocenters. The average molecular weight is 202 g/mol. The first-order valence-electron chi connectivity index (χ1n) is 4.69. The Kier molecular flexibility index (Phi) is 1.84. The molecule has 0 radical (unpaired) electrons. The molecule has 2 nitrogen and oxygen atoms in total. The molecule has 0 unspecified atom stereocenters. The van der Waals surface area contributed by atoms with Gasteiger partial charge in [0, 0.05) is 23.2 Å². The normalized spacial score (nSPS) is 18.6. The molecule has 1 aromatic rings. The van der Waals surface area contributed by atoms with Crippen LogP contribution in [0.3, 0.4) is 0 Å². The quantitative estimate of drug-likeness (QED) is 0.641. The van der Waals surface area contributed by atoms with E-state index in [9.17, 15) is 0 Å². The predicted molar refractivity (Wildman–Crippen MR) is 59.5 cm³/mol. The Morgan fingerprint density at radius 2 is 2.21 bits per heavy atom. The monoisotopic (exact) mass is 202 g/mol. The topological polar surface area (TPSA) is 15.6 Å². The molecule has 0 N–H and O–H groups in total. The number of nitrogens with zero attached hydrogens (tertiary/aromatic N) is 2. The van der Waals surface area contributed by atoms with E-state index in [2.05, 4.69) is 45.8 Å². The van der Waals surface area contributed by atoms with Crippen LogP contribution in [0.5, 0.6) is 0 Å². The van der Waals surface area contributed by atoms with Crippen LogP contribution in [-0.2, 0) is 0 Å². The van der Waals surface area contributed by atoms with E-state index in [-0.39, 0.29) is 0 Å². The summed E-state index contributed by atoms with van der Waals surface area (Å²) in [5, 5.41) is 2.13. The van der Waals surface area contributed by atoms with Crippen molar-refractivity contribution in [1.29, 1.82) is 0 Å². The first-order chi connectivity index (χ1) is 6.95. The first kappa shape index (κ1) is 8.12. The molecule has 0 bridgehead atoms. The molecule has 0 amide bonds. The lowest BCUT2D eigenvalue weighted by Gasteiger charge is -2.13. The van der Waals surface area contributed by atoms with Crippen LogP contribution in [0.15, 0.2) is 45.8 Å². The van der Waals surface area contributed by atoms with Crippen LogP contribution in [0.4, 0.5) is 0 Å². The number of rotatable bonds is 0. The number of amidine groups is 1. The molecule has 14 heavy (non-hydrogen) atoms. The second kappa shape index (κ2) is 3.17. The molecule has 2 aliphatic heterocycles. The smallest absolute Gasteiger partial charge is 0.136 e. The van der Waals surface area contributed by atoms with Crippen molar-refractivity contribution in [3.05, 3.63) is 41.4 Å². The van der Waals surface area contributed by atoms with E-state index in [1.807, 2.05) is 0 Å². The van der Waals surface area contributed by atoms with Gasteiger partial charge in [-0.1, -0.05) is 30.0 Å². The minimum Gasteiger partial charge on any atom is -0.330 e. The van der Waals surface area contributed by atoms with Crippen molar-refractivity contribution >= 4 is 17.6 Å². The molecule has 2 heterocycles. The minimum atomic E-state index is 0.915. The van der Waals surface area contributed by atoms with Crippen molar-refractivity contribution < 1.29 is 0 Å². The standard InChI is InChI=1S/C11H10N2S/c1-2-4-10-9(3-1)11-12-5-6-13(11)7-8-14-10/h1-4,7-8H,5-6H2. The van der Waals surface area contributed by atoms with Gasteiger partial charge in [-0.2, -0.15) is 0 Å². The third-order valence-electron chi connectivity index (χ3n) is 2.44. The maximum Gasteiger partial charge on any atom is 0.136 e. The lowest BCUT2D eigenvalue weighted by atomic mass is 10.2. The summed E-state index contributed by atoms with van der Waals surface area (Å²) in [4.78, 5) is 8.06. The highest BCUT2D eigenvalue weighted by atomic mass is 32.2. The van der Waals surface area contributed by atoms with Gasteiger partial charge in [-0.15, -0.1) is 0 Å². The Labute approximate surface area is 87.3 Å². The fourth-order valence-corrected chi connectivity index (χ4v) is 2.57. The maximum atomic E-state index is 4.54. The van der Waals surface area contributed by atoms with Gasteiger partial charge in [0.1, 0.15) is 5.84 Å². The molecular weight excluding hydrogens is 192 g/mol. The Bertz CT molecular complexity index is 423. The van der Waals surface area contributed by atoms with Gasteiger partial charge < -0.3 is 4.90 Å². The number of hydrogen-bond acceptors (Lipinski definition) is 3. The molecular formula is C11H10N2S. The summed E-state index contributed by atoms with van der Waals surface area (Å²) < 4.78 is 0. The third-order valence-corrected chi connectivity index (χ3v) is 3.31. The number of fused-ring (bicyclic) bond motifs is 3. The fraction of sp³-hybridized carbons (Fsp3) is 0.182. The Morgan fingerprint density at radius 3 is 3.21 bits per heavy atom. The number of thioether (sulfide) groups is 1. The van der Waals surface area contributed by atoms with E-state index < -0.39 is 0 Å². The Hall–Kier alpha value is -1.22. The van der Waals surface area contributed by atoms with Gasteiger partial charge in [0.05, 0.1) is 6.54 Å². The number of benzene rings is 1. The van der Waals surface area contributed by atoms with Crippen molar-refractivity contribution in [2.75, 3.05) is 13.1 Å². The molecule has 0 aliphatic carbocycles. The van der Waals surface area contributed by atoms with E-state index >= 15 is 0 Å². The summed E-state index contributed by atoms with van der Waals surface area (Å²) in [6.07, 6.45) is 2.12. The van der Waals surface area contributed by atoms with E-state index in [1.54, 1.807) is 11.8 Å². The van der Waals surface area contributed by atoms with Crippen LogP contribution in [0.1, 0.15) is 5.56 Å². The van der Waals surface area contributed by atoms with Gasteiger partial charge in [0.2, 0.25) is 0 Å². The van der Waals surface area contributed by atoms with E-state index in [0.29, 0.717) is 0 Å². The second-order valence-corrected chi connectivity index (χ2v) is 4.25. The molecule has 70 valence electrons. The van der Waals surface area contributed by atoms with Crippen LogP contribution in [0.2, 0.25) is 0 Å². The highest BCUT2D eigenvalue weighted by Gasteiger charge is 2.20. The summed E-state index contributed by atoms with van der Waals surface area (Å²) in [5.74, 6) is 1.13. The number of aliphatic imine (C=N–C) groups is 1. The highest BCUT2D eigenvalue weighted by Crippen LogP contribution is 2.29. The van der Waals surface area contributed by atoms with Crippen molar-refractivity contribution in [1.82, 2.24) is 4.90 Å². The largest absolute Gasteiger partial charge is 0.330 e.